The molecule has 3 heteroatoms. The van der Waals surface area contributed by atoms with Crippen LogP contribution in [0.15, 0.2) is 0 Å². The van der Waals surface area contributed by atoms with E-state index in [1.807, 2.05) is 0 Å². The maximum atomic E-state index is 12.9. The molecule has 1 saturated carbocycles. The fraction of sp³-hybridized carbons (Fsp3) is 0.957. The van der Waals surface area contributed by atoms with E-state index in [1.165, 1.54) is 77.4 Å². The second-order valence-electron chi connectivity index (χ2n) is 9.43. The molecule has 3 fully saturated rings. The maximum Gasteiger partial charge on any atom is 0.225 e. The summed E-state index contributed by atoms with van der Waals surface area (Å²) in [7, 11) is 0. The first-order valence-electron chi connectivity index (χ1n) is 11.7. The van der Waals surface area contributed by atoms with E-state index < -0.39 is 0 Å². The minimum absolute atomic E-state index is 0.333. The van der Waals surface area contributed by atoms with Crippen LogP contribution in [0.1, 0.15) is 84.5 Å². The SMILES string of the molecule is CCCC1CCN(C(=O)C2CCC(CN3CCC(CC)CC3)CC2)CC1. The van der Waals surface area contributed by atoms with E-state index in [0.717, 1.165) is 43.7 Å². The van der Waals surface area contributed by atoms with Crippen LogP contribution in [-0.2, 0) is 4.79 Å². The summed E-state index contributed by atoms with van der Waals surface area (Å²) in [4.78, 5) is 17.8. The van der Waals surface area contributed by atoms with Gasteiger partial charge in [0.05, 0.1) is 0 Å². The highest BCUT2D eigenvalue weighted by molar-refractivity contribution is 5.79. The summed E-state index contributed by atoms with van der Waals surface area (Å²) in [6, 6.07) is 0. The predicted octanol–water partition coefficient (Wildman–Crippen LogP) is 4.95. The lowest BCUT2D eigenvalue weighted by atomic mass is 9.80. The quantitative estimate of drug-likeness (QED) is 0.667. The third-order valence-electron chi connectivity index (χ3n) is 7.62. The third kappa shape index (κ3) is 5.47. The molecule has 2 aliphatic heterocycles. The third-order valence-corrected chi connectivity index (χ3v) is 7.62. The normalized spacial score (nSPS) is 29.8. The van der Waals surface area contributed by atoms with Crippen LogP contribution in [0.3, 0.4) is 0 Å². The Balaban J connectivity index is 1.35. The summed E-state index contributed by atoms with van der Waals surface area (Å²) < 4.78 is 0. The number of hydrogen-bond donors (Lipinski definition) is 0. The molecular weight excluding hydrogens is 320 g/mol. The number of amides is 1. The first-order valence-corrected chi connectivity index (χ1v) is 11.7. The topological polar surface area (TPSA) is 23.6 Å². The van der Waals surface area contributed by atoms with Crippen molar-refractivity contribution in [3.63, 3.8) is 0 Å². The second kappa shape index (κ2) is 10.1. The number of hydrogen-bond acceptors (Lipinski definition) is 2. The Kier molecular flexibility index (Phi) is 7.84. The van der Waals surface area contributed by atoms with Crippen LogP contribution in [-0.4, -0.2) is 48.4 Å². The molecule has 150 valence electrons. The molecule has 0 radical (unpaired) electrons. The second-order valence-corrected chi connectivity index (χ2v) is 9.43. The summed E-state index contributed by atoms with van der Waals surface area (Å²) >= 11 is 0. The minimum Gasteiger partial charge on any atom is -0.342 e. The lowest BCUT2D eigenvalue weighted by Gasteiger charge is -2.38. The van der Waals surface area contributed by atoms with Crippen LogP contribution >= 0.6 is 0 Å². The highest BCUT2D eigenvalue weighted by Gasteiger charge is 2.32. The molecule has 0 aromatic carbocycles. The first-order chi connectivity index (χ1) is 12.7. The van der Waals surface area contributed by atoms with Crippen molar-refractivity contribution >= 4 is 5.91 Å². The average molecular weight is 363 g/mol. The highest BCUT2D eigenvalue weighted by Crippen LogP contribution is 2.33. The van der Waals surface area contributed by atoms with E-state index >= 15 is 0 Å². The summed E-state index contributed by atoms with van der Waals surface area (Å²) in [6.45, 7) is 10.6. The van der Waals surface area contributed by atoms with Crippen molar-refractivity contribution in [3.8, 4) is 0 Å². The van der Waals surface area contributed by atoms with E-state index in [2.05, 4.69) is 23.6 Å². The zero-order chi connectivity index (χ0) is 18.4. The highest BCUT2D eigenvalue weighted by atomic mass is 16.2. The van der Waals surface area contributed by atoms with Gasteiger partial charge in [0.1, 0.15) is 0 Å². The molecule has 1 amide bonds. The molecule has 2 saturated heterocycles. The summed E-state index contributed by atoms with van der Waals surface area (Å²) in [6.07, 6.45) is 14.1. The Morgan fingerprint density at radius 1 is 0.769 bits per heavy atom. The molecule has 0 atom stereocenters. The van der Waals surface area contributed by atoms with Crippen molar-refractivity contribution < 1.29 is 4.79 Å². The molecule has 0 unspecified atom stereocenters. The molecule has 0 aromatic heterocycles. The van der Waals surface area contributed by atoms with Gasteiger partial charge in [0.15, 0.2) is 0 Å². The smallest absolute Gasteiger partial charge is 0.225 e. The lowest BCUT2D eigenvalue weighted by Crippen LogP contribution is -2.43. The monoisotopic (exact) mass is 362 g/mol. The van der Waals surface area contributed by atoms with Crippen molar-refractivity contribution in [2.75, 3.05) is 32.7 Å². The number of piperidine rings is 2. The molecule has 0 aromatic rings. The molecular formula is C23H42N2O. The van der Waals surface area contributed by atoms with Crippen molar-refractivity contribution in [1.29, 1.82) is 0 Å². The van der Waals surface area contributed by atoms with E-state index in [4.69, 9.17) is 0 Å². The van der Waals surface area contributed by atoms with Gasteiger partial charge in [-0.2, -0.15) is 0 Å². The molecule has 26 heavy (non-hydrogen) atoms. The lowest BCUT2D eigenvalue weighted by molar-refractivity contribution is -0.138. The van der Waals surface area contributed by atoms with Gasteiger partial charge in [0.25, 0.3) is 0 Å². The molecule has 3 aliphatic rings. The maximum absolute atomic E-state index is 12.9. The van der Waals surface area contributed by atoms with Crippen molar-refractivity contribution in [2.45, 2.75) is 84.5 Å². The Bertz CT molecular complexity index is 414. The van der Waals surface area contributed by atoms with Gasteiger partial charge in [-0.1, -0.05) is 33.1 Å². The fourth-order valence-corrected chi connectivity index (χ4v) is 5.64. The van der Waals surface area contributed by atoms with Gasteiger partial charge in [0, 0.05) is 25.6 Å². The predicted molar refractivity (Wildman–Crippen MR) is 109 cm³/mol. The van der Waals surface area contributed by atoms with Crippen LogP contribution in [0.4, 0.5) is 0 Å². The Labute approximate surface area is 161 Å². The Morgan fingerprint density at radius 3 is 1.96 bits per heavy atom. The number of rotatable bonds is 6. The van der Waals surface area contributed by atoms with Crippen LogP contribution < -0.4 is 0 Å². The van der Waals surface area contributed by atoms with Gasteiger partial charge in [-0.05, 0) is 82.2 Å². The Morgan fingerprint density at radius 2 is 1.38 bits per heavy atom. The van der Waals surface area contributed by atoms with Crippen molar-refractivity contribution in [3.05, 3.63) is 0 Å². The molecule has 0 N–H and O–H groups in total. The van der Waals surface area contributed by atoms with Crippen LogP contribution in [0.2, 0.25) is 0 Å². The van der Waals surface area contributed by atoms with E-state index in [9.17, 15) is 4.79 Å². The van der Waals surface area contributed by atoms with Gasteiger partial charge in [0.2, 0.25) is 5.91 Å². The number of likely N-dealkylation sites (tertiary alicyclic amines) is 2. The summed E-state index contributed by atoms with van der Waals surface area (Å²) in [5.74, 6) is 3.51. The molecule has 0 spiro atoms. The largest absolute Gasteiger partial charge is 0.342 e. The van der Waals surface area contributed by atoms with E-state index in [-0.39, 0.29) is 0 Å². The van der Waals surface area contributed by atoms with Crippen molar-refractivity contribution in [1.82, 2.24) is 9.80 Å². The van der Waals surface area contributed by atoms with E-state index in [0.29, 0.717) is 11.8 Å². The Hall–Kier alpha value is -0.570. The number of carbonyl (C=O) groups is 1. The zero-order valence-corrected chi connectivity index (χ0v) is 17.4. The van der Waals surface area contributed by atoms with Gasteiger partial charge in [-0.25, -0.2) is 0 Å². The van der Waals surface area contributed by atoms with Crippen LogP contribution in [0, 0.1) is 23.7 Å². The molecule has 1 aliphatic carbocycles. The fourth-order valence-electron chi connectivity index (χ4n) is 5.64. The first kappa shape index (κ1) is 20.2. The van der Waals surface area contributed by atoms with Gasteiger partial charge in [-0.3, -0.25) is 4.79 Å². The molecule has 3 nitrogen and oxygen atoms in total. The average Bonchev–Trinajstić information content (AvgIpc) is 2.69. The summed E-state index contributed by atoms with van der Waals surface area (Å²) in [5, 5.41) is 0. The molecule has 3 rings (SSSR count). The van der Waals surface area contributed by atoms with Crippen LogP contribution in [0.5, 0.6) is 0 Å². The minimum atomic E-state index is 0.333. The van der Waals surface area contributed by atoms with Gasteiger partial charge < -0.3 is 9.80 Å². The van der Waals surface area contributed by atoms with Gasteiger partial charge >= 0.3 is 0 Å². The zero-order valence-electron chi connectivity index (χ0n) is 17.4. The number of carbonyl (C=O) groups excluding carboxylic acids is 1. The summed E-state index contributed by atoms with van der Waals surface area (Å²) in [5.41, 5.74) is 0. The van der Waals surface area contributed by atoms with Crippen molar-refractivity contribution in [2.24, 2.45) is 23.7 Å². The molecule has 0 bridgehead atoms. The number of nitrogens with zero attached hydrogens (tertiary/aromatic N) is 2. The van der Waals surface area contributed by atoms with Gasteiger partial charge in [-0.15, -0.1) is 0 Å². The molecule has 2 heterocycles. The van der Waals surface area contributed by atoms with E-state index in [1.54, 1.807) is 0 Å². The standard InChI is InChI=1S/C23H42N2O/c1-3-5-20-12-16-25(17-13-20)23(26)22-8-6-21(7-9-22)18-24-14-10-19(4-2)11-15-24/h19-22H,3-18H2,1-2H3. The van der Waals surface area contributed by atoms with Crippen LogP contribution in [0.25, 0.3) is 0 Å².